The number of nitrogens with one attached hydrogen (secondary N) is 1. The number of hydrogen-bond acceptors (Lipinski definition) is 5. The van der Waals surface area contributed by atoms with Crippen molar-refractivity contribution in [1.82, 2.24) is 15.2 Å². The minimum atomic E-state index is -0.325. The van der Waals surface area contributed by atoms with Crippen molar-refractivity contribution in [3.05, 3.63) is 23.4 Å². The van der Waals surface area contributed by atoms with Gasteiger partial charge in [-0.1, -0.05) is 6.07 Å². The van der Waals surface area contributed by atoms with Gasteiger partial charge in [0.15, 0.2) is 0 Å². The second kappa shape index (κ2) is 6.01. The zero-order valence-electron chi connectivity index (χ0n) is 14.3. The molecule has 4 rings (SSSR count). The van der Waals surface area contributed by atoms with Crippen LogP contribution in [0.4, 0.5) is 5.82 Å². The zero-order valence-corrected chi connectivity index (χ0v) is 14.3. The van der Waals surface area contributed by atoms with Crippen LogP contribution >= 0.6 is 0 Å². The van der Waals surface area contributed by atoms with E-state index < -0.39 is 0 Å². The molecule has 130 valence electrons. The second-order valence-corrected chi connectivity index (χ2v) is 7.52. The third-order valence-corrected chi connectivity index (χ3v) is 5.93. The first kappa shape index (κ1) is 15.8. The van der Waals surface area contributed by atoms with E-state index in [-0.39, 0.29) is 17.4 Å². The molecule has 2 atom stereocenters. The summed E-state index contributed by atoms with van der Waals surface area (Å²) < 4.78 is 0. The van der Waals surface area contributed by atoms with E-state index in [1.54, 1.807) is 0 Å². The summed E-state index contributed by atoms with van der Waals surface area (Å²) in [7, 11) is 2.02. The average Bonchev–Trinajstić information content (AvgIpc) is 2.98. The highest BCUT2D eigenvalue weighted by Gasteiger charge is 2.44. The van der Waals surface area contributed by atoms with E-state index in [0.29, 0.717) is 12.2 Å². The molecule has 6 heteroatoms. The third-order valence-electron chi connectivity index (χ3n) is 5.93. The standard InChI is InChI=1S/C18H26N4O2/c1-21-10-6-13-3-4-14(20-16(13)21)17(24)22-9-2-7-18(12-22)11-19-8-5-15(18)23/h3-4,15,19,23H,2,5-12H2,1H3/t15-,18-/m0/s1. The number of piperidine rings is 2. The summed E-state index contributed by atoms with van der Waals surface area (Å²) in [5.41, 5.74) is 1.55. The lowest BCUT2D eigenvalue weighted by Gasteiger charge is -2.48. The van der Waals surface area contributed by atoms with E-state index >= 15 is 0 Å². The topological polar surface area (TPSA) is 68.7 Å². The lowest BCUT2D eigenvalue weighted by Crippen LogP contribution is -2.58. The number of carbonyl (C=O) groups excluding carboxylic acids is 1. The van der Waals surface area contributed by atoms with Crippen LogP contribution in [0.5, 0.6) is 0 Å². The van der Waals surface area contributed by atoms with Crippen LogP contribution in [-0.4, -0.2) is 66.8 Å². The Labute approximate surface area is 142 Å². The number of anilines is 1. The van der Waals surface area contributed by atoms with E-state index in [9.17, 15) is 9.90 Å². The van der Waals surface area contributed by atoms with E-state index in [2.05, 4.69) is 15.2 Å². The summed E-state index contributed by atoms with van der Waals surface area (Å²) in [5.74, 6) is 0.932. The van der Waals surface area contributed by atoms with Gasteiger partial charge in [0.2, 0.25) is 0 Å². The van der Waals surface area contributed by atoms with Gasteiger partial charge < -0.3 is 20.2 Å². The van der Waals surface area contributed by atoms with Crippen molar-refractivity contribution in [3.8, 4) is 0 Å². The number of nitrogens with zero attached hydrogens (tertiary/aromatic N) is 3. The number of amides is 1. The molecule has 2 N–H and O–H groups in total. The fraction of sp³-hybridized carbons (Fsp3) is 0.667. The van der Waals surface area contributed by atoms with Crippen LogP contribution in [0.1, 0.15) is 35.3 Å². The molecule has 0 unspecified atom stereocenters. The summed E-state index contributed by atoms with van der Waals surface area (Å²) in [6, 6.07) is 3.90. The van der Waals surface area contributed by atoms with Crippen LogP contribution in [0.15, 0.2) is 12.1 Å². The molecule has 0 bridgehead atoms. The molecule has 4 heterocycles. The van der Waals surface area contributed by atoms with Crippen LogP contribution in [0.2, 0.25) is 0 Å². The normalized spacial score (nSPS) is 29.8. The van der Waals surface area contributed by atoms with Gasteiger partial charge in [0, 0.05) is 38.6 Å². The molecule has 2 fully saturated rings. The molecule has 0 aliphatic carbocycles. The van der Waals surface area contributed by atoms with Crippen molar-refractivity contribution in [2.45, 2.75) is 31.8 Å². The molecule has 1 spiro atoms. The van der Waals surface area contributed by atoms with Crippen molar-refractivity contribution < 1.29 is 9.90 Å². The molecule has 0 saturated carbocycles. The predicted octanol–water partition coefficient (Wildman–Crippen LogP) is 0.651. The van der Waals surface area contributed by atoms with Crippen LogP contribution < -0.4 is 10.2 Å². The first-order valence-corrected chi connectivity index (χ1v) is 8.98. The molecule has 1 amide bonds. The van der Waals surface area contributed by atoms with Crippen molar-refractivity contribution in [2.75, 3.05) is 44.7 Å². The highest BCUT2D eigenvalue weighted by Crippen LogP contribution is 2.36. The predicted molar refractivity (Wildman–Crippen MR) is 92.3 cm³/mol. The number of aliphatic hydroxyl groups is 1. The van der Waals surface area contributed by atoms with Crippen molar-refractivity contribution in [3.63, 3.8) is 0 Å². The maximum Gasteiger partial charge on any atom is 0.272 e. The van der Waals surface area contributed by atoms with Gasteiger partial charge in [-0.2, -0.15) is 0 Å². The van der Waals surface area contributed by atoms with E-state index in [1.807, 2.05) is 24.1 Å². The minimum absolute atomic E-state index is 0.00468. The Hall–Kier alpha value is -1.66. The SMILES string of the molecule is CN1CCc2ccc(C(=O)N3CCC[C@]4(CNCC[C@@H]4O)C3)nc21. The highest BCUT2D eigenvalue weighted by atomic mass is 16.3. The lowest BCUT2D eigenvalue weighted by molar-refractivity contribution is -0.0434. The van der Waals surface area contributed by atoms with Gasteiger partial charge in [0.05, 0.1) is 6.10 Å². The molecular weight excluding hydrogens is 304 g/mol. The van der Waals surface area contributed by atoms with Crippen LogP contribution in [0.3, 0.4) is 0 Å². The Morgan fingerprint density at radius 1 is 1.42 bits per heavy atom. The maximum absolute atomic E-state index is 13.0. The smallest absolute Gasteiger partial charge is 0.272 e. The number of aliphatic hydroxyl groups excluding tert-OH is 1. The Morgan fingerprint density at radius 3 is 3.12 bits per heavy atom. The van der Waals surface area contributed by atoms with Gasteiger partial charge in [-0.15, -0.1) is 0 Å². The number of carbonyl (C=O) groups is 1. The zero-order chi connectivity index (χ0) is 16.7. The van der Waals surface area contributed by atoms with E-state index in [1.165, 1.54) is 5.56 Å². The molecule has 0 radical (unpaired) electrons. The van der Waals surface area contributed by atoms with Gasteiger partial charge in [0.25, 0.3) is 5.91 Å². The summed E-state index contributed by atoms with van der Waals surface area (Å²) in [5, 5.41) is 13.9. The fourth-order valence-electron chi connectivity index (χ4n) is 4.43. The lowest BCUT2D eigenvalue weighted by atomic mass is 9.72. The average molecular weight is 330 g/mol. The maximum atomic E-state index is 13.0. The largest absolute Gasteiger partial charge is 0.392 e. The molecule has 1 aromatic rings. The van der Waals surface area contributed by atoms with Gasteiger partial charge in [-0.3, -0.25) is 4.79 Å². The Kier molecular flexibility index (Phi) is 3.96. The molecule has 2 saturated heterocycles. The second-order valence-electron chi connectivity index (χ2n) is 7.52. The molecule has 0 aromatic carbocycles. The fourth-order valence-corrected chi connectivity index (χ4v) is 4.43. The summed E-state index contributed by atoms with van der Waals surface area (Å²) in [4.78, 5) is 21.6. The summed E-state index contributed by atoms with van der Waals surface area (Å²) in [6.07, 6.45) is 3.36. The number of pyridine rings is 1. The highest BCUT2D eigenvalue weighted by molar-refractivity contribution is 5.93. The van der Waals surface area contributed by atoms with Gasteiger partial charge in [-0.05, 0) is 43.9 Å². The monoisotopic (exact) mass is 330 g/mol. The summed E-state index contributed by atoms with van der Waals surface area (Å²) in [6.45, 7) is 3.98. The van der Waals surface area contributed by atoms with Gasteiger partial charge >= 0.3 is 0 Å². The number of hydrogen-bond donors (Lipinski definition) is 2. The van der Waals surface area contributed by atoms with Crippen molar-refractivity contribution in [2.24, 2.45) is 5.41 Å². The van der Waals surface area contributed by atoms with E-state index in [0.717, 1.165) is 57.7 Å². The van der Waals surface area contributed by atoms with Gasteiger partial charge in [0.1, 0.15) is 11.5 Å². The number of likely N-dealkylation sites (tertiary alicyclic amines) is 1. The number of likely N-dealkylation sites (N-methyl/N-ethyl adjacent to an activating group) is 1. The first-order valence-electron chi connectivity index (χ1n) is 8.98. The Bertz CT molecular complexity index is 646. The van der Waals surface area contributed by atoms with Crippen LogP contribution in [0.25, 0.3) is 0 Å². The molecule has 24 heavy (non-hydrogen) atoms. The van der Waals surface area contributed by atoms with Crippen LogP contribution in [0, 0.1) is 5.41 Å². The van der Waals surface area contributed by atoms with Crippen molar-refractivity contribution in [1.29, 1.82) is 0 Å². The Balaban J connectivity index is 1.55. The molecule has 3 aliphatic rings. The van der Waals surface area contributed by atoms with E-state index in [4.69, 9.17) is 0 Å². The third kappa shape index (κ3) is 2.58. The molecule has 1 aromatic heterocycles. The number of rotatable bonds is 1. The quantitative estimate of drug-likeness (QED) is 0.791. The van der Waals surface area contributed by atoms with Crippen molar-refractivity contribution >= 4 is 11.7 Å². The first-order chi connectivity index (χ1) is 11.6. The van der Waals surface area contributed by atoms with Gasteiger partial charge in [-0.25, -0.2) is 4.98 Å². The molecule has 6 nitrogen and oxygen atoms in total. The minimum Gasteiger partial charge on any atom is -0.392 e. The molecular formula is C18H26N4O2. The summed E-state index contributed by atoms with van der Waals surface area (Å²) >= 11 is 0. The Morgan fingerprint density at radius 2 is 2.29 bits per heavy atom. The number of aromatic nitrogens is 1. The molecule has 3 aliphatic heterocycles. The number of fused-ring (bicyclic) bond motifs is 1. The van der Waals surface area contributed by atoms with Crippen LogP contribution in [-0.2, 0) is 6.42 Å².